The maximum Gasteiger partial charge on any atom is 0.312 e. The van der Waals surface area contributed by atoms with Crippen LogP contribution in [0.3, 0.4) is 0 Å². The molecule has 6 nitrogen and oxygen atoms in total. The van der Waals surface area contributed by atoms with Gasteiger partial charge >= 0.3 is 5.97 Å². The maximum atomic E-state index is 12.8. The highest BCUT2D eigenvalue weighted by Gasteiger charge is 2.49. The molecule has 0 aliphatic heterocycles. The summed E-state index contributed by atoms with van der Waals surface area (Å²) in [6, 6.07) is 14.4. The summed E-state index contributed by atoms with van der Waals surface area (Å²) < 4.78 is 37.2. The Morgan fingerprint density at radius 1 is 1.16 bits per heavy atom. The highest BCUT2D eigenvalue weighted by molar-refractivity contribution is 7.88. The second-order valence-electron chi connectivity index (χ2n) is 8.13. The van der Waals surface area contributed by atoms with Gasteiger partial charge in [0.05, 0.1) is 25.9 Å². The lowest BCUT2D eigenvalue weighted by atomic mass is 9.79. The van der Waals surface area contributed by atoms with Crippen LogP contribution in [-0.2, 0) is 32.5 Å². The second kappa shape index (κ2) is 9.59. The summed E-state index contributed by atoms with van der Waals surface area (Å²) in [6.07, 6.45) is 3.20. The van der Waals surface area contributed by atoms with Gasteiger partial charge in [-0.05, 0) is 61.1 Å². The van der Waals surface area contributed by atoms with E-state index in [-0.39, 0.29) is 18.6 Å². The highest BCUT2D eigenvalue weighted by atomic mass is 35.5. The van der Waals surface area contributed by atoms with Gasteiger partial charge in [0.15, 0.2) is 0 Å². The third-order valence-corrected chi connectivity index (χ3v) is 7.48. The van der Waals surface area contributed by atoms with Crippen LogP contribution >= 0.6 is 11.6 Å². The molecule has 1 aliphatic carbocycles. The first kappa shape index (κ1) is 23.6. The van der Waals surface area contributed by atoms with Gasteiger partial charge in [-0.25, -0.2) is 8.42 Å². The van der Waals surface area contributed by atoms with E-state index in [9.17, 15) is 13.2 Å². The van der Waals surface area contributed by atoms with E-state index in [0.717, 1.165) is 11.1 Å². The number of halogens is 1. The Morgan fingerprint density at radius 2 is 1.87 bits per heavy atom. The predicted molar refractivity (Wildman–Crippen MR) is 121 cm³/mol. The summed E-state index contributed by atoms with van der Waals surface area (Å²) >= 11 is 6.13. The zero-order chi connectivity index (χ0) is 22.6. The first-order valence-electron chi connectivity index (χ1n) is 10.1. The molecule has 0 aromatic heterocycles. The van der Waals surface area contributed by atoms with E-state index in [1.165, 1.54) is 17.7 Å². The van der Waals surface area contributed by atoms with Crippen molar-refractivity contribution in [1.29, 1.82) is 0 Å². The van der Waals surface area contributed by atoms with Crippen molar-refractivity contribution in [3.8, 4) is 5.75 Å². The van der Waals surface area contributed by atoms with Crippen LogP contribution in [0.4, 0.5) is 0 Å². The molecule has 0 N–H and O–H groups in total. The van der Waals surface area contributed by atoms with Crippen LogP contribution in [0.25, 0.3) is 0 Å². The third kappa shape index (κ3) is 5.59. The number of hydrogen-bond donors (Lipinski definition) is 0. The Hall–Kier alpha value is -2.09. The monoisotopic (exact) mass is 465 g/mol. The van der Waals surface area contributed by atoms with E-state index >= 15 is 0 Å². The Morgan fingerprint density at radius 3 is 2.45 bits per heavy atom. The van der Waals surface area contributed by atoms with Gasteiger partial charge in [0.1, 0.15) is 5.75 Å². The van der Waals surface area contributed by atoms with Gasteiger partial charge in [-0.2, -0.15) is 4.31 Å². The van der Waals surface area contributed by atoms with Gasteiger partial charge in [-0.1, -0.05) is 35.9 Å². The topological polar surface area (TPSA) is 72.9 Å². The third-order valence-electron chi connectivity index (χ3n) is 5.96. The Balaban J connectivity index is 1.86. The first-order valence-corrected chi connectivity index (χ1v) is 12.3. The van der Waals surface area contributed by atoms with Crippen LogP contribution in [0.15, 0.2) is 48.5 Å². The fraction of sp³-hybridized carbons (Fsp3) is 0.435. The molecular formula is C23H28ClNO5S. The average Bonchev–Trinajstić information content (AvgIpc) is 3.15. The van der Waals surface area contributed by atoms with E-state index in [1.54, 1.807) is 13.2 Å². The van der Waals surface area contributed by atoms with Crippen molar-refractivity contribution in [2.45, 2.75) is 38.3 Å². The normalized spacial score (nSPS) is 21.3. The van der Waals surface area contributed by atoms with Gasteiger partial charge in [-0.15, -0.1) is 0 Å². The fourth-order valence-electron chi connectivity index (χ4n) is 4.44. The lowest BCUT2D eigenvalue weighted by Crippen LogP contribution is -2.40. The average molecular weight is 466 g/mol. The number of carbonyl (C=O) groups is 1. The molecular weight excluding hydrogens is 438 g/mol. The van der Waals surface area contributed by atoms with Crippen molar-refractivity contribution in [3.05, 3.63) is 64.7 Å². The molecule has 1 fully saturated rings. The molecule has 0 bridgehead atoms. The smallest absolute Gasteiger partial charge is 0.312 e. The number of sulfonamides is 1. The summed E-state index contributed by atoms with van der Waals surface area (Å²) in [4.78, 5) is 12.8. The molecule has 0 radical (unpaired) electrons. The summed E-state index contributed by atoms with van der Waals surface area (Å²) in [5, 5.41) is 0.601. The molecule has 168 valence electrons. The van der Waals surface area contributed by atoms with E-state index in [4.69, 9.17) is 21.1 Å². The largest absolute Gasteiger partial charge is 0.497 e. The van der Waals surface area contributed by atoms with Crippen molar-refractivity contribution in [3.63, 3.8) is 0 Å². The molecule has 0 unspecified atom stereocenters. The van der Waals surface area contributed by atoms with Crippen LogP contribution in [0.1, 0.15) is 30.4 Å². The minimum absolute atomic E-state index is 0.238. The number of ether oxygens (including phenoxy) is 2. The number of esters is 1. The number of nitrogens with zero attached hydrogens (tertiary/aromatic N) is 1. The minimum atomic E-state index is -3.50. The van der Waals surface area contributed by atoms with Gasteiger partial charge in [0.2, 0.25) is 10.0 Å². The molecule has 31 heavy (non-hydrogen) atoms. The molecule has 3 rings (SSSR count). The molecule has 2 atom stereocenters. The summed E-state index contributed by atoms with van der Waals surface area (Å²) in [7, 11) is -0.534. The first-order chi connectivity index (χ1) is 14.7. The molecule has 1 aliphatic rings. The summed E-state index contributed by atoms with van der Waals surface area (Å²) in [5.41, 5.74) is 1.00. The van der Waals surface area contributed by atoms with Crippen LogP contribution < -0.4 is 4.74 Å². The lowest BCUT2D eigenvalue weighted by Gasteiger charge is -2.30. The zero-order valence-electron chi connectivity index (χ0n) is 18.0. The highest BCUT2D eigenvalue weighted by Crippen LogP contribution is 2.45. The number of rotatable bonds is 8. The standard InChI is InChI=1S/C23H28ClNO5S/c1-29-21-9-7-17(8-10-21)16-25(31(3,27)28)20-11-12-23(15-20,22(26)30-2)14-18-5-4-6-19(24)13-18/h4-10,13,20H,11-12,14-16H2,1-3H3/t20-,23+/m0/s1. The van der Waals surface area contributed by atoms with Gasteiger partial charge in [0.25, 0.3) is 0 Å². The van der Waals surface area contributed by atoms with E-state index in [2.05, 4.69) is 0 Å². The van der Waals surface area contributed by atoms with E-state index in [1.807, 2.05) is 42.5 Å². The second-order valence-corrected chi connectivity index (χ2v) is 10.5. The molecule has 0 heterocycles. The van der Waals surface area contributed by atoms with Crippen molar-refractivity contribution >= 4 is 27.6 Å². The van der Waals surface area contributed by atoms with Crippen molar-refractivity contribution in [1.82, 2.24) is 4.31 Å². The quantitative estimate of drug-likeness (QED) is 0.549. The summed E-state index contributed by atoms with van der Waals surface area (Å²) in [5.74, 6) is 0.398. The van der Waals surface area contributed by atoms with Crippen LogP contribution in [0, 0.1) is 5.41 Å². The predicted octanol–water partition coefficient (Wildman–Crippen LogP) is 4.06. The SMILES string of the molecule is COC(=O)[C@@]1(Cc2cccc(Cl)c2)CC[C@H](N(Cc2ccc(OC)cc2)S(C)(=O)=O)C1. The van der Waals surface area contributed by atoms with E-state index in [0.29, 0.717) is 36.5 Å². The van der Waals surface area contributed by atoms with Crippen molar-refractivity contribution in [2.75, 3.05) is 20.5 Å². The van der Waals surface area contributed by atoms with Crippen LogP contribution in [-0.4, -0.2) is 45.2 Å². The summed E-state index contributed by atoms with van der Waals surface area (Å²) in [6.45, 7) is 0.238. The molecule has 0 amide bonds. The van der Waals surface area contributed by atoms with Gasteiger partial charge in [-0.3, -0.25) is 4.79 Å². The van der Waals surface area contributed by atoms with Crippen LogP contribution in [0.2, 0.25) is 5.02 Å². The molecule has 8 heteroatoms. The molecule has 1 saturated carbocycles. The Labute approximate surface area is 189 Å². The number of carbonyl (C=O) groups excluding carboxylic acids is 1. The van der Waals surface area contributed by atoms with E-state index < -0.39 is 15.4 Å². The molecule has 2 aromatic rings. The van der Waals surface area contributed by atoms with Crippen molar-refractivity contribution < 1.29 is 22.7 Å². The van der Waals surface area contributed by atoms with Crippen molar-refractivity contribution in [2.24, 2.45) is 5.41 Å². The molecule has 2 aromatic carbocycles. The number of methoxy groups -OCH3 is 2. The maximum absolute atomic E-state index is 12.8. The Kier molecular flexibility index (Phi) is 7.29. The number of hydrogen-bond acceptors (Lipinski definition) is 5. The Bertz CT molecular complexity index is 1020. The fourth-order valence-corrected chi connectivity index (χ4v) is 5.76. The minimum Gasteiger partial charge on any atom is -0.497 e. The lowest BCUT2D eigenvalue weighted by molar-refractivity contribution is -0.152. The van der Waals surface area contributed by atoms with Crippen LogP contribution in [0.5, 0.6) is 5.75 Å². The number of benzene rings is 2. The van der Waals surface area contributed by atoms with Gasteiger partial charge in [0, 0.05) is 17.6 Å². The molecule has 0 spiro atoms. The zero-order valence-corrected chi connectivity index (χ0v) is 19.6. The van der Waals surface area contributed by atoms with Gasteiger partial charge < -0.3 is 9.47 Å². The molecule has 0 saturated heterocycles.